The summed E-state index contributed by atoms with van der Waals surface area (Å²) in [5.41, 5.74) is 7.14. The summed E-state index contributed by atoms with van der Waals surface area (Å²) >= 11 is 0. The van der Waals surface area contributed by atoms with E-state index < -0.39 is 9.84 Å². The number of hydrogen-bond acceptors (Lipinski definition) is 4. The quantitative estimate of drug-likeness (QED) is 0.179. The molecule has 0 radical (unpaired) electrons. The van der Waals surface area contributed by atoms with Crippen LogP contribution >= 0.6 is 0 Å². The molecule has 0 saturated heterocycles. The van der Waals surface area contributed by atoms with Crippen LogP contribution in [0, 0.1) is 6.92 Å². The highest BCUT2D eigenvalue weighted by molar-refractivity contribution is 7.91. The maximum Gasteiger partial charge on any atom is 0.179 e. The number of hydrogen-bond donors (Lipinski definition) is 0. The van der Waals surface area contributed by atoms with Gasteiger partial charge in [0.15, 0.2) is 9.84 Å². The molecule has 0 aromatic heterocycles. The van der Waals surface area contributed by atoms with Crippen LogP contribution in [0.3, 0.4) is 0 Å². The fraction of sp³-hybridized carbons (Fsp3) is 0.235. The van der Waals surface area contributed by atoms with Crippen LogP contribution in [0.25, 0.3) is 11.1 Å². The number of sulfone groups is 1. The Morgan fingerprint density at radius 3 is 1.87 bits per heavy atom. The molecular formula is C34H37NO3S. The lowest BCUT2D eigenvalue weighted by molar-refractivity contribution is 0.244. The van der Waals surface area contributed by atoms with Crippen LogP contribution in [-0.4, -0.2) is 45.8 Å². The summed E-state index contributed by atoms with van der Waals surface area (Å²) in [6.45, 7) is 5.71. The van der Waals surface area contributed by atoms with E-state index in [-0.39, 0.29) is 5.75 Å². The summed E-state index contributed by atoms with van der Waals surface area (Å²) in [4.78, 5) is 2.37. The predicted octanol–water partition coefficient (Wildman–Crippen LogP) is 7.15. The van der Waals surface area contributed by atoms with Crippen molar-refractivity contribution in [3.05, 3.63) is 131 Å². The van der Waals surface area contributed by atoms with Gasteiger partial charge in [-0.05, 0) is 72.5 Å². The molecule has 4 aromatic carbocycles. The van der Waals surface area contributed by atoms with E-state index in [2.05, 4.69) is 67.6 Å². The van der Waals surface area contributed by atoms with E-state index in [0.29, 0.717) is 24.6 Å². The van der Waals surface area contributed by atoms with Crippen molar-refractivity contribution in [1.29, 1.82) is 0 Å². The van der Waals surface area contributed by atoms with Crippen LogP contribution in [0.15, 0.2) is 114 Å². The van der Waals surface area contributed by atoms with Crippen LogP contribution in [0.1, 0.15) is 35.6 Å². The average molecular weight is 540 g/mol. The van der Waals surface area contributed by atoms with Crippen LogP contribution in [0.4, 0.5) is 0 Å². The van der Waals surface area contributed by atoms with Crippen molar-refractivity contribution in [3.8, 4) is 5.75 Å². The molecule has 0 spiro atoms. The fourth-order valence-electron chi connectivity index (χ4n) is 4.57. The van der Waals surface area contributed by atoms with Gasteiger partial charge in [0.25, 0.3) is 0 Å². The zero-order chi connectivity index (χ0) is 27.7. The van der Waals surface area contributed by atoms with Crippen molar-refractivity contribution in [2.24, 2.45) is 0 Å². The summed E-state index contributed by atoms with van der Waals surface area (Å²) < 4.78 is 31.3. The zero-order valence-electron chi connectivity index (χ0n) is 23.0. The van der Waals surface area contributed by atoms with Gasteiger partial charge in [-0.3, -0.25) is 0 Å². The molecule has 0 atom stereocenters. The van der Waals surface area contributed by atoms with Crippen molar-refractivity contribution >= 4 is 21.0 Å². The molecule has 0 amide bonds. The number of benzene rings is 4. The van der Waals surface area contributed by atoms with Crippen LogP contribution < -0.4 is 4.74 Å². The van der Waals surface area contributed by atoms with Gasteiger partial charge < -0.3 is 9.64 Å². The maximum absolute atomic E-state index is 12.6. The summed E-state index contributed by atoms with van der Waals surface area (Å²) in [6.07, 6.45) is 0.915. The minimum Gasteiger partial charge on any atom is -0.492 e. The Bertz CT molecular complexity index is 1460. The fourth-order valence-corrected chi connectivity index (χ4v) is 5.91. The molecule has 0 bridgehead atoms. The van der Waals surface area contributed by atoms with Crippen LogP contribution in [0.5, 0.6) is 5.75 Å². The second-order valence-corrected chi connectivity index (χ2v) is 11.9. The molecule has 4 rings (SSSR count). The molecule has 0 saturated carbocycles. The van der Waals surface area contributed by atoms with Crippen molar-refractivity contribution in [3.63, 3.8) is 0 Å². The lowest BCUT2D eigenvalue weighted by Gasteiger charge is -2.18. The first-order chi connectivity index (χ1) is 18.9. The largest absolute Gasteiger partial charge is 0.492 e. The Kier molecular flexibility index (Phi) is 9.74. The molecule has 0 unspecified atom stereocenters. The monoisotopic (exact) mass is 539 g/mol. The summed E-state index contributed by atoms with van der Waals surface area (Å²) in [6, 6.07) is 36.4. The molecule has 5 heteroatoms. The number of aryl methyl sites for hydroxylation is 1. The minimum atomic E-state index is -3.30. The van der Waals surface area contributed by atoms with Gasteiger partial charge in [0.2, 0.25) is 0 Å². The highest BCUT2D eigenvalue weighted by Gasteiger charge is 2.16. The Morgan fingerprint density at radius 1 is 0.718 bits per heavy atom. The number of allylic oxidation sites excluding steroid dienone is 1. The van der Waals surface area contributed by atoms with Crippen molar-refractivity contribution in [1.82, 2.24) is 4.90 Å². The first-order valence-electron chi connectivity index (χ1n) is 13.4. The third-order valence-electron chi connectivity index (χ3n) is 6.85. The molecule has 39 heavy (non-hydrogen) atoms. The summed E-state index contributed by atoms with van der Waals surface area (Å²) in [5, 5.41) is 0. The van der Waals surface area contributed by atoms with Crippen molar-refractivity contribution < 1.29 is 13.2 Å². The second-order valence-electron chi connectivity index (χ2n) is 9.75. The van der Waals surface area contributed by atoms with Crippen LogP contribution in [-0.2, 0) is 9.84 Å². The van der Waals surface area contributed by atoms with E-state index in [1.54, 1.807) is 12.1 Å². The molecule has 4 aromatic rings. The smallest absolute Gasteiger partial charge is 0.179 e. The van der Waals surface area contributed by atoms with Gasteiger partial charge in [0.05, 0.1) is 10.6 Å². The van der Waals surface area contributed by atoms with Crippen molar-refractivity contribution in [2.75, 3.05) is 32.5 Å². The first kappa shape index (κ1) is 28.3. The standard InChI is InChI=1S/C34H37NO3S/c1-4-33(28-11-7-5-8-12-28)34(29-13-9-6-10-14-29)30-17-19-31(20-18-30)38-25-23-35(3)24-26-39(36,37)32-21-15-27(2)16-22-32/h5-22H,4,23-26H2,1-3H3/b34-33-. The number of nitrogens with zero attached hydrogens (tertiary/aromatic N) is 1. The third kappa shape index (κ3) is 7.69. The molecule has 0 fully saturated rings. The van der Waals surface area contributed by atoms with Gasteiger partial charge >= 0.3 is 0 Å². The van der Waals surface area contributed by atoms with E-state index in [9.17, 15) is 8.42 Å². The van der Waals surface area contributed by atoms with Gasteiger partial charge in [0.1, 0.15) is 12.4 Å². The zero-order valence-corrected chi connectivity index (χ0v) is 23.8. The van der Waals surface area contributed by atoms with E-state index in [4.69, 9.17) is 4.74 Å². The molecule has 0 aliphatic carbocycles. The predicted molar refractivity (Wildman–Crippen MR) is 162 cm³/mol. The normalized spacial score (nSPS) is 12.3. The van der Waals surface area contributed by atoms with Crippen LogP contribution in [0.2, 0.25) is 0 Å². The second kappa shape index (κ2) is 13.4. The molecule has 0 N–H and O–H groups in total. The molecule has 0 aliphatic heterocycles. The molecule has 4 nitrogen and oxygen atoms in total. The van der Waals surface area contributed by atoms with Gasteiger partial charge in [-0.15, -0.1) is 0 Å². The van der Waals surface area contributed by atoms with Gasteiger partial charge in [-0.25, -0.2) is 8.42 Å². The molecular weight excluding hydrogens is 502 g/mol. The topological polar surface area (TPSA) is 46.6 Å². The first-order valence-corrected chi connectivity index (χ1v) is 15.1. The molecule has 202 valence electrons. The lowest BCUT2D eigenvalue weighted by Crippen LogP contribution is -2.29. The highest BCUT2D eigenvalue weighted by Crippen LogP contribution is 2.34. The Balaban J connectivity index is 1.40. The Labute approximate surface area is 233 Å². The maximum atomic E-state index is 12.6. The number of ether oxygens (including phenoxy) is 1. The van der Waals surface area contributed by atoms with E-state index in [1.165, 1.54) is 22.3 Å². The van der Waals surface area contributed by atoms with Gasteiger partial charge in [0, 0.05) is 13.1 Å². The van der Waals surface area contributed by atoms with Crippen molar-refractivity contribution in [2.45, 2.75) is 25.2 Å². The Hall–Kier alpha value is -3.67. The summed E-state index contributed by atoms with van der Waals surface area (Å²) in [7, 11) is -1.38. The van der Waals surface area contributed by atoms with Gasteiger partial charge in [-0.1, -0.05) is 97.4 Å². The Morgan fingerprint density at radius 2 is 1.28 bits per heavy atom. The number of rotatable bonds is 12. The minimum absolute atomic E-state index is 0.0804. The van der Waals surface area contributed by atoms with Gasteiger partial charge in [-0.2, -0.15) is 0 Å². The SMILES string of the molecule is CC/C(=C(\c1ccccc1)c1ccc(OCCN(C)CCS(=O)(=O)c2ccc(C)cc2)cc1)c1ccccc1. The van der Waals surface area contributed by atoms with E-state index >= 15 is 0 Å². The van der Waals surface area contributed by atoms with E-state index in [1.807, 2.05) is 55.3 Å². The summed E-state index contributed by atoms with van der Waals surface area (Å²) in [5.74, 6) is 0.876. The average Bonchev–Trinajstić information content (AvgIpc) is 2.96. The molecule has 0 heterocycles. The number of likely N-dealkylation sites (N-methyl/N-ethyl adjacent to an activating group) is 1. The lowest BCUT2D eigenvalue weighted by atomic mass is 9.88. The molecule has 0 aliphatic rings. The highest BCUT2D eigenvalue weighted by atomic mass is 32.2. The third-order valence-corrected chi connectivity index (χ3v) is 8.56. The van der Waals surface area contributed by atoms with E-state index in [0.717, 1.165) is 23.3 Å².